The van der Waals surface area contributed by atoms with Crippen LogP contribution in [-0.4, -0.2) is 53.0 Å². The van der Waals surface area contributed by atoms with Gasteiger partial charge in [-0.15, -0.1) is 11.3 Å². The largest absolute Gasteiger partial charge is 0.408 e. The molecule has 2 aromatic rings. The normalized spacial score (nSPS) is 26.1. The van der Waals surface area contributed by atoms with E-state index in [1.807, 2.05) is 6.07 Å². The van der Waals surface area contributed by atoms with Gasteiger partial charge in [-0.2, -0.15) is 0 Å². The number of thiophene rings is 1. The van der Waals surface area contributed by atoms with Gasteiger partial charge in [0.1, 0.15) is 30.5 Å². The molecule has 0 amide bonds. The Kier molecular flexibility index (Phi) is 11.4. The first-order valence-electron chi connectivity index (χ1n) is 17.0. The van der Waals surface area contributed by atoms with Crippen molar-refractivity contribution in [3.63, 3.8) is 0 Å². The van der Waals surface area contributed by atoms with Crippen molar-refractivity contribution in [1.82, 2.24) is 0 Å². The molecule has 9 heteroatoms. The van der Waals surface area contributed by atoms with E-state index in [0.717, 1.165) is 22.6 Å². The first-order valence-corrected chi connectivity index (χ1v) is 22.1. The van der Waals surface area contributed by atoms with Crippen LogP contribution in [0.1, 0.15) is 117 Å². The third kappa shape index (κ3) is 6.97. The van der Waals surface area contributed by atoms with Crippen molar-refractivity contribution in [1.29, 1.82) is 0 Å². The minimum absolute atomic E-state index is 0.198. The Morgan fingerprint density at radius 3 is 1.98 bits per heavy atom. The van der Waals surface area contributed by atoms with Crippen molar-refractivity contribution < 1.29 is 23.1 Å². The quantitative estimate of drug-likeness (QED) is 0.265. The zero-order valence-corrected chi connectivity index (χ0v) is 33.6. The minimum Gasteiger partial charge on any atom is -0.408 e. The number of rotatable bonds is 9. The summed E-state index contributed by atoms with van der Waals surface area (Å²) in [5.74, 6) is 0. The van der Waals surface area contributed by atoms with E-state index >= 15 is 0 Å². The maximum Gasteiger partial charge on any atom is 0.349 e. The number of aliphatic hydroxyl groups excluding tert-OH is 1. The molecule has 2 fully saturated rings. The average molecular weight is 696 g/mol. The molecule has 5 atom stereocenters. The number of ether oxygens (including phenoxy) is 1. The maximum atomic E-state index is 12.4. The van der Waals surface area contributed by atoms with Crippen molar-refractivity contribution >= 4 is 39.8 Å². The molecule has 2 saturated heterocycles. The molecule has 1 aromatic carbocycles. The fourth-order valence-electron chi connectivity index (χ4n) is 8.32. The Morgan fingerprint density at radius 1 is 0.956 bits per heavy atom. The average Bonchev–Trinajstić information content (AvgIpc) is 3.30. The van der Waals surface area contributed by atoms with Crippen molar-refractivity contribution in [2.75, 3.05) is 6.61 Å². The molecule has 2 aliphatic heterocycles. The Morgan fingerprint density at radius 2 is 1.49 bits per heavy atom. The lowest BCUT2D eigenvalue weighted by molar-refractivity contribution is -0.242. The van der Waals surface area contributed by atoms with Crippen molar-refractivity contribution in [2.45, 2.75) is 160 Å². The second kappa shape index (κ2) is 13.8. The molecule has 254 valence electrons. The lowest BCUT2D eigenvalue weighted by Crippen LogP contribution is -2.71. The summed E-state index contributed by atoms with van der Waals surface area (Å²) in [7, 11) is -5.26. The summed E-state index contributed by atoms with van der Waals surface area (Å²) in [5.41, 5.74) is 3.62. The van der Waals surface area contributed by atoms with Crippen LogP contribution in [0.2, 0.25) is 31.7 Å². The van der Waals surface area contributed by atoms with Crippen LogP contribution in [0.15, 0.2) is 30.3 Å². The number of fused-ring (bicyclic) bond motifs is 1. The summed E-state index contributed by atoms with van der Waals surface area (Å²) in [6, 6.07) is 10.7. The van der Waals surface area contributed by atoms with Gasteiger partial charge < -0.3 is 23.1 Å². The number of halogens is 1. The smallest absolute Gasteiger partial charge is 0.349 e. The van der Waals surface area contributed by atoms with Gasteiger partial charge in [-0.1, -0.05) is 126 Å². The van der Waals surface area contributed by atoms with Gasteiger partial charge in [0.15, 0.2) is 0 Å². The summed E-state index contributed by atoms with van der Waals surface area (Å²) in [6.45, 7) is 29.7. The number of aliphatic hydroxyl groups is 1. The Balaban J connectivity index is 1.76. The Labute approximate surface area is 284 Å². The van der Waals surface area contributed by atoms with Gasteiger partial charge in [0, 0.05) is 26.3 Å². The predicted octanol–water partition coefficient (Wildman–Crippen LogP) is 10.4. The highest BCUT2D eigenvalue weighted by atomic mass is 35.5. The van der Waals surface area contributed by atoms with Crippen LogP contribution in [0.3, 0.4) is 0 Å². The van der Waals surface area contributed by atoms with Crippen LogP contribution in [-0.2, 0) is 30.9 Å². The highest BCUT2D eigenvalue weighted by Crippen LogP contribution is 2.57. The van der Waals surface area contributed by atoms with E-state index in [9.17, 15) is 5.11 Å². The third-order valence-corrected chi connectivity index (χ3v) is 23.2. The van der Waals surface area contributed by atoms with E-state index in [1.165, 1.54) is 11.1 Å². The fourth-order valence-corrected chi connectivity index (χ4v) is 20.4. The van der Waals surface area contributed by atoms with Crippen LogP contribution in [0.4, 0.5) is 0 Å². The van der Waals surface area contributed by atoms with Gasteiger partial charge >= 0.3 is 8.56 Å². The first-order chi connectivity index (χ1) is 20.8. The van der Waals surface area contributed by atoms with E-state index in [2.05, 4.69) is 114 Å². The van der Waals surface area contributed by atoms with E-state index < -0.39 is 41.3 Å². The van der Waals surface area contributed by atoms with Crippen LogP contribution >= 0.6 is 22.9 Å². The molecule has 4 rings (SSSR count). The molecule has 0 unspecified atom stereocenters. The highest BCUT2D eigenvalue weighted by molar-refractivity contribution is 7.12. The predicted molar refractivity (Wildman–Crippen MR) is 194 cm³/mol. The van der Waals surface area contributed by atoms with Crippen LogP contribution in [0.5, 0.6) is 0 Å². The van der Waals surface area contributed by atoms with Crippen molar-refractivity contribution in [3.05, 3.63) is 56.2 Å². The number of aryl methyl sites for hydroxylation is 1. The van der Waals surface area contributed by atoms with E-state index in [1.54, 1.807) is 11.3 Å². The number of hydrogen-bond donors (Lipinski definition) is 1. The summed E-state index contributed by atoms with van der Waals surface area (Å²) in [5, 5.41) is 12.7. The molecule has 0 radical (unpaired) electrons. The minimum atomic E-state index is -2.85. The standard InChI is InChI=1S/C36H59ClO5SSi2/c1-14-25-15-17-26(18-16-25)19-29-27(37)20-30(43-29)33-31(38)34(41-44(22(2)3,23(4)5)24(6)7)32-28(40-33)21-39-45(42-32,35(8,9)10)36(11,12)13/h15-18,20,22-24,28,31-34,38H,14,19,21H2,1-13H3/t28-,31+,32-,33+,34-/m1/s1. The van der Waals surface area contributed by atoms with Crippen LogP contribution < -0.4 is 0 Å². The van der Waals surface area contributed by atoms with Crippen LogP contribution in [0, 0.1) is 0 Å². The lowest BCUT2D eigenvalue weighted by Gasteiger charge is -2.59. The second-order valence-electron chi connectivity index (χ2n) is 16.3. The molecule has 3 heterocycles. The summed E-state index contributed by atoms with van der Waals surface area (Å²) in [6.07, 6.45) is -1.07. The molecule has 1 aromatic heterocycles. The zero-order valence-electron chi connectivity index (χ0n) is 30.0. The van der Waals surface area contributed by atoms with E-state index in [4.69, 9.17) is 29.6 Å². The lowest BCUT2D eigenvalue weighted by atomic mass is 9.94. The Hall–Kier alpha value is -0.556. The van der Waals surface area contributed by atoms with Crippen LogP contribution in [0.25, 0.3) is 0 Å². The van der Waals surface area contributed by atoms with Gasteiger partial charge in [-0.3, -0.25) is 0 Å². The number of hydrogen-bond acceptors (Lipinski definition) is 6. The van der Waals surface area contributed by atoms with E-state index in [-0.39, 0.29) is 16.2 Å². The molecule has 45 heavy (non-hydrogen) atoms. The van der Waals surface area contributed by atoms with Gasteiger partial charge in [0.2, 0.25) is 8.32 Å². The fraction of sp³-hybridized carbons (Fsp3) is 0.722. The monoisotopic (exact) mass is 694 g/mol. The first kappa shape index (κ1) is 37.3. The van der Waals surface area contributed by atoms with E-state index in [0.29, 0.717) is 28.3 Å². The molecule has 2 aliphatic rings. The molecule has 0 bridgehead atoms. The zero-order chi connectivity index (χ0) is 33.7. The Bertz CT molecular complexity index is 1240. The van der Waals surface area contributed by atoms with Gasteiger partial charge in [0.25, 0.3) is 0 Å². The van der Waals surface area contributed by atoms with Crippen molar-refractivity contribution in [2.24, 2.45) is 0 Å². The summed E-state index contributed by atoms with van der Waals surface area (Å²) >= 11 is 8.50. The highest BCUT2D eigenvalue weighted by Gasteiger charge is 2.65. The molecule has 5 nitrogen and oxygen atoms in total. The molecule has 1 N–H and O–H groups in total. The molecular weight excluding hydrogens is 636 g/mol. The van der Waals surface area contributed by atoms with Crippen molar-refractivity contribution in [3.8, 4) is 0 Å². The third-order valence-electron chi connectivity index (χ3n) is 10.3. The molecular formula is C36H59ClO5SSi2. The maximum absolute atomic E-state index is 12.4. The van der Waals surface area contributed by atoms with Gasteiger partial charge in [-0.05, 0) is 40.2 Å². The molecule has 0 spiro atoms. The SMILES string of the molecule is CCc1ccc(Cc2sc([C@@H]3O[C@@H]4CO[Si](C(C)(C)C)(C(C)(C)C)O[C@H]4[C@H](O[Si](C(C)C)(C(C)C)C(C)C)[C@H]3O)cc2Cl)cc1. The summed E-state index contributed by atoms with van der Waals surface area (Å²) in [4.78, 5) is 2.00. The summed E-state index contributed by atoms with van der Waals surface area (Å²) < 4.78 is 28.5. The number of benzene rings is 1. The van der Waals surface area contributed by atoms with Gasteiger partial charge in [0.05, 0.1) is 11.6 Å². The van der Waals surface area contributed by atoms with Gasteiger partial charge in [-0.25, -0.2) is 0 Å². The topological polar surface area (TPSA) is 57.2 Å². The molecule has 0 saturated carbocycles. The second-order valence-corrected chi connectivity index (χ2v) is 28.0. The molecule has 0 aliphatic carbocycles.